The number of ketones is 1. The molecule has 2 atom stereocenters. The second kappa shape index (κ2) is 9.77. The lowest BCUT2D eigenvalue weighted by Gasteiger charge is -2.09. The molecule has 34 heavy (non-hydrogen) atoms. The van der Waals surface area contributed by atoms with Crippen LogP contribution in [0.5, 0.6) is 0 Å². The number of carbonyl (C=O) groups is 2. The first-order valence-corrected chi connectivity index (χ1v) is 12.0. The standard InChI is InChI=1S/C25H15Cl5N2O2/c26-16-8-15(9-17(27)10-16)22-23(25(22,29)30)24(34)32-18-5-6-20(28)19(11-18)21(33)7-13-1-3-14(12-31)4-2-13/h1-6,8-11,22-23H,7H2,(H,32,34). The van der Waals surface area contributed by atoms with Crippen LogP contribution in [0.2, 0.25) is 15.1 Å². The molecule has 1 aliphatic carbocycles. The van der Waals surface area contributed by atoms with Crippen molar-refractivity contribution in [2.24, 2.45) is 5.92 Å². The van der Waals surface area contributed by atoms with Crippen LogP contribution in [-0.4, -0.2) is 16.0 Å². The topological polar surface area (TPSA) is 70.0 Å². The van der Waals surface area contributed by atoms with E-state index in [1.165, 1.54) is 6.07 Å². The van der Waals surface area contributed by atoms with Crippen LogP contribution >= 0.6 is 58.0 Å². The van der Waals surface area contributed by atoms with Gasteiger partial charge in [0.2, 0.25) is 5.91 Å². The Labute approximate surface area is 221 Å². The van der Waals surface area contributed by atoms with Gasteiger partial charge < -0.3 is 5.32 Å². The van der Waals surface area contributed by atoms with E-state index in [4.69, 9.17) is 63.3 Å². The molecule has 0 aliphatic heterocycles. The number of nitrogens with zero attached hydrogens (tertiary/aromatic N) is 1. The molecule has 1 fully saturated rings. The molecule has 2 unspecified atom stereocenters. The predicted octanol–water partition coefficient (Wildman–Crippen LogP) is 7.47. The minimum atomic E-state index is -1.32. The van der Waals surface area contributed by atoms with Gasteiger partial charge in [-0.25, -0.2) is 0 Å². The molecular formula is C25H15Cl5N2O2. The number of halogens is 5. The minimum Gasteiger partial charge on any atom is -0.326 e. The number of rotatable bonds is 6. The quantitative estimate of drug-likeness (QED) is 0.255. The summed E-state index contributed by atoms with van der Waals surface area (Å²) >= 11 is 31.2. The van der Waals surface area contributed by atoms with Crippen molar-refractivity contribution in [3.8, 4) is 6.07 Å². The molecule has 0 bridgehead atoms. The summed E-state index contributed by atoms with van der Waals surface area (Å²) < 4.78 is -1.32. The molecule has 1 saturated carbocycles. The molecule has 9 heteroatoms. The maximum atomic E-state index is 13.0. The van der Waals surface area contributed by atoms with E-state index in [1.54, 1.807) is 54.6 Å². The number of amides is 1. The van der Waals surface area contributed by atoms with Crippen molar-refractivity contribution in [3.63, 3.8) is 0 Å². The number of anilines is 1. The van der Waals surface area contributed by atoms with E-state index >= 15 is 0 Å². The van der Waals surface area contributed by atoms with Gasteiger partial charge in [0.05, 0.1) is 22.6 Å². The first-order valence-electron chi connectivity index (χ1n) is 10.1. The van der Waals surface area contributed by atoms with Crippen molar-refractivity contribution in [2.75, 3.05) is 5.32 Å². The lowest BCUT2D eigenvalue weighted by atomic mass is 10.0. The Kier molecular flexibility index (Phi) is 7.14. The van der Waals surface area contributed by atoms with Crippen LogP contribution in [0.3, 0.4) is 0 Å². The maximum absolute atomic E-state index is 13.0. The summed E-state index contributed by atoms with van der Waals surface area (Å²) in [6.45, 7) is 0. The van der Waals surface area contributed by atoms with Crippen LogP contribution in [0.1, 0.15) is 33.0 Å². The van der Waals surface area contributed by atoms with Gasteiger partial charge in [-0.15, -0.1) is 23.2 Å². The van der Waals surface area contributed by atoms with Crippen molar-refractivity contribution in [2.45, 2.75) is 16.7 Å². The van der Waals surface area contributed by atoms with Crippen LogP contribution in [0, 0.1) is 17.2 Å². The highest BCUT2D eigenvalue weighted by atomic mass is 35.5. The highest BCUT2D eigenvalue weighted by Gasteiger charge is 2.67. The summed E-state index contributed by atoms with van der Waals surface area (Å²) in [4.78, 5) is 25.8. The fourth-order valence-electron chi connectivity index (χ4n) is 3.84. The van der Waals surface area contributed by atoms with Gasteiger partial charge in [-0.1, -0.05) is 46.9 Å². The van der Waals surface area contributed by atoms with Gasteiger partial charge in [-0.05, 0) is 59.7 Å². The molecule has 0 saturated heterocycles. The Bertz CT molecular complexity index is 1310. The number of hydrogen-bond donors (Lipinski definition) is 1. The Balaban J connectivity index is 1.50. The largest absolute Gasteiger partial charge is 0.326 e. The first kappa shape index (κ1) is 24.9. The number of Topliss-reactive ketones (excluding diaryl/α,β-unsaturated/α-hetero) is 1. The molecule has 0 spiro atoms. The van der Waals surface area contributed by atoms with Crippen LogP contribution in [0.25, 0.3) is 0 Å². The van der Waals surface area contributed by atoms with Crippen LogP contribution in [0.15, 0.2) is 60.7 Å². The van der Waals surface area contributed by atoms with E-state index in [2.05, 4.69) is 5.32 Å². The Hall–Kier alpha value is -2.26. The Morgan fingerprint density at radius 3 is 2.21 bits per heavy atom. The summed E-state index contributed by atoms with van der Waals surface area (Å²) in [5, 5.41) is 12.8. The van der Waals surface area contributed by atoms with Gasteiger partial charge >= 0.3 is 0 Å². The number of nitriles is 1. The lowest BCUT2D eigenvalue weighted by molar-refractivity contribution is -0.117. The number of benzene rings is 3. The molecule has 3 aromatic carbocycles. The van der Waals surface area contributed by atoms with Crippen molar-refractivity contribution < 1.29 is 9.59 Å². The van der Waals surface area contributed by atoms with Gasteiger partial charge in [-0.3, -0.25) is 9.59 Å². The summed E-state index contributed by atoms with van der Waals surface area (Å²) in [6.07, 6.45) is 0.0928. The lowest BCUT2D eigenvalue weighted by Crippen LogP contribution is -2.17. The van der Waals surface area contributed by atoms with Crippen molar-refractivity contribution in [3.05, 3.63) is 98.0 Å². The third kappa shape index (κ3) is 5.20. The normalized spacial score (nSPS) is 18.1. The highest BCUT2D eigenvalue weighted by Crippen LogP contribution is 2.65. The fourth-order valence-corrected chi connectivity index (χ4v) is 5.43. The van der Waals surface area contributed by atoms with E-state index in [9.17, 15) is 9.59 Å². The number of hydrogen-bond acceptors (Lipinski definition) is 3. The Morgan fingerprint density at radius 2 is 1.59 bits per heavy atom. The SMILES string of the molecule is N#Cc1ccc(CC(=O)c2cc(NC(=O)C3C(c4cc(Cl)cc(Cl)c4)C3(Cl)Cl)ccc2Cl)cc1. The number of carbonyl (C=O) groups excluding carboxylic acids is 2. The molecule has 172 valence electrons. The molecule has 4 nitrogen and oxygen atoms in total. The van der Waals surface area contributed by atoms with E-state index < -0.39 is 22.1 Å². The second-order valence-electron chi connectivity index (χ2n) is 7.93. The van der Waals surface area contributed by atoms with E-state index in [1.807, 2.05) is 6.07 Å². The zero-order valence-electron chi connectivity index (χ0n) is 17.3. The van der Waals surface area contributed by atoms with Crippen molar-refractivity contribution in [1.29, 1.82) is 5.26 Å². The molecule has 3 aromatic rings. The van der Waals surface area contributed by atoms with E-state index in [0.717, 1.165) is 5.56 Å². The molecule has 0 aromatic heterocycles. The molecular weight excluding hydrogens is 538 g/mol. The molecule has 0 heterocycles. The zero-order chi connectivity index (χ0) is 24.6. The Morgan fingerprint density at radius 1 is 0.941 bits per heavy atom. The summed E-state index contributed by atoms with van der Waals surface area (Å²) in [5.74, 6) is -1.86. The average molecular weight is 553 g/mol. The fraction of sp³-hybridized carbons (Fsp3) is 0.160. The van der Waals surface area contributed by atoms with Gasteiger partial charge in [0.1, 0.15) is 4.33 Å². The minimum absolute atomic E-state index is 0.0928. The van der Waals surface area contributed by atoms with Crippen LogP contribution < -0.4 is 5.32 Å². The van der Waals surface area contributed by atoms with E-state index in [-0.39, 0.29) is 22.8 Å². The van der Waals surface area contributed by atoms with Crippen molar-refractivity contribution in [1.82, 2.24) is 0 Å². The van der Waals surface area contributed by atoms with Crippen molar-refractivity contribution >= 4 is 75.4 Å². The summed E-state index contributed by atoms with van der Waals surface area (Å²) in [5.41, 5.74) is 2.56. The molecule has 1 amide bonds. The molecule has 4 rings (SSSR count). The highest BCUT2D eigenvalue weighted by molar-refractivity contribution is 6.53. The third-order valence-corrected chi connectivity index (χ3v) is 7.27. The van der Waals surface area contributed by atoms with Gasteiger partial charge in [0.15, 0.2) is 5.78 Å². The maximum Gasteiger partial charge on any atom is 0.231 e. The average Bonchev–Trinajstić information content (AvgIpc) is 3.37. The predicted molar refractivity (Wildman–Crippen MR) is 136 cm³/mol. The first-order chi connectivity index (χ1) is 16.1. The second-order valence-corrected chi connectivity index (χ2v) is 10.6. The van der Waals surface area contributed by atoms with Gasteiger partial charge in [0, 0.05) is 33.6 Å². The smallest absolute Gasteiger partial charge is 0.231 e. The molecule has 0 radical (unpaired) electrons. The molecule has 1 aliphatic rings. The van der Waals surface area contributed by atoms with Gasteiger partial charge in [0.25, 0.3) is 0 Å². The van der Waals surface area contributed by atoms with Crippen LogP contribution in [-0.2, 0) is 11.2 Å². The third-order valence-electron chi connectivity index (χ3n) is 5.56. The monoisotopic (exact) mass is 550 g/mol. The van der Waals surface area contributed by atoms with E-state index in [0.29, 0.717) is 26.9 Å². The number of alkyl halides is 2. The molecule has 1 N–H and O–H groups in total. The summed E-state index contributed by atoms with van der Waals surface area (Å²) in [7, 11) is 0. The zero-order valence-corrected chi connectivity index (χ0v) is 21.1. The summed E-state index contributed by atoms with van der Waals surface area (Å²) in [6, 6.07) is 18.3. The van der Waals surface area contributed by atoms with Crippen LogP contribution in [0.4, 0.5) is 5.69 Å². The van der Waals surface area contributed by atoms with Gasteiger partial charge in [-0.2, -0.15) is 5.26 Å². The number of nitrogens with one attached hydrogen (secondary N) is 1.